The molecule has 0 aromatic heterocycles. The third-order valence-electron chi connectivity index (χ3n) is 11.0. The number of ether oxygens (including phenoxy) is 1. The molecule has 0 saturated carbocycles. The monoisotopic (exact) mass is 665 g/mol. The number of hydrogen-bond acceptors (Lipinski definition) is 2. The first-order valence-electron chi connectivity index (χ1n) is 17.9. The minimum atomic E-state index is -0.584. The summed E-state index contributed by atoms with van der Waals surface area (Å²) in [5.74, 6) is 1.80. The molecule has 2 heteroatoms. The summed E-state index contributed by atoms with van der Waals surface area (Å²) in [6, 6.07) is 62.9. The van der Waals surface area contributed by atoms with Crippen molar-refractivity contribution in [2.24, 2.45) is 5.73 Å². The van der Waals surface area contributed by atoms with Crippen LogP contribution in [0.2, 0.25) is 0 Å². The molecule has 0 unspecified atom stereocenters. The van der Waals surface area contributed by atoms with Gasteiger partial charge in [-0.25, -0.2) is 0 Å². The molecule has 1 heterocycles. The quantitative estimate of drug-likeness (QED) is 0.147. The van der Waals surface area contributed by atoms with E-state index < -0.39 is 5.41 Å². The topological polar surface area (TPSA) is 35.2 Å². The Hall–Kier alpha value is -6.64. The van der Waals surface area contributed by atoms with Crippen LogP contribution in [0.5, 0.6) is 11.5 Å². The molecule has 52 heavy (non-hydrogen) atoms. The Bertz CT molecular complexity index is 2690. The standard InChI is InChI=1S/C50H35NO/c51-45(35-17-5-2-6-18-35)32-36(34-15-3-1-4-16-34)29-27-33-28-30-41-44(31-33)50(42-23-11-13-25-46(42)52-47-26-14-12-24-43(47)50)49-40-22-10-8-20-38(40)37-19-7-9-21-39(37)48(41)49/h1-26,28-32H,27,51H2/b36-29+,45-32-. The lowest BCUT2D eigenvalue weighted by Gasteiger charge is -2.40. The molecule has 0 bridgehead atoms. The normalized spacial score (nSPS) is 14.1. The van der Waals surface area contributed by atoms with Gasteiger partial charge in [0, 0.05) is 16.8 Å². The van der Waals surface area contributed by atoms with Crippen LogP contribution in [0.4, 0.5) is 0 Å². The van der Waals surface area contributed by atoms with E-state index in [1.54, 1.807) is 0 Å². The van der Waals surface area contributed by atoms with Crippen LogP contribution in [0.15, 0.2) is 188 Å². The molecular weight excluding hydrogens is 631 g/mol. The largest absolute Gasteiger partial charge is 0.457 e. The van der Waals surface area contributed by atoms with Gasteiger partial charge in [0.05, 0.1) is 5.41 Å². The molecular formula is C50H35NO. The van der Waals surface area contributed by atoms with Gasteiger partial charge >= 0.3 is 0 Å². The van der Waals surface area contributed by atoms with Gasteiger partial charge in [0.25, 0.3) is 0 Å². The number of para-hydroxylation sites is 2. The van der Waals surface area contributed by atoms with E-state index in [0.717, 1.165) is 40.3 Å². The second-order valence-electron chi connectivity index (χ2n) is 13.8. The molecule has 2 N–H and O–H groups in total. The van der Waals surface area contributed by atoms with Crippen LogP contribution in [0.1, 0.15) is 38.9 Å². The van der Waals surface area contributed by atoms with Crippen LogP contribution in [0.3, 0.4) is 0 Å². The predicted octanol–water partition coefficient (Wildman–Crippen LogP) is 12.1. The van der Waals surface area contributed by atoms with Crippen molar-refractivity contribution in [1.29, 1.82) is 0 Å². The van der Waals surface area contributed by atoms with E-state index in [-0.39, 0.29) is 0 Å². The van der Waals surface area contributed by atoms with Crippen molar-refractivity contribution in [2.75, 3.05) is 0 Å². The van der Waals surface area contributed by atoms with Crippen molar-refractivity contribution in [2.45, 2.75) is 11.8 Å². The molecule has 2 aliphatic rings. The van der Waals surface area contributed by atoms with E-state index in [9.17, 15) is 0 Å². The Morgan fingerprint density at radius 3 is 1.73 bits per heavy atom. The minimum Gasteiger partial charge on any atom is -0.457 e. The molecule has 0 radical (unpaired) electrons. The van der Waals surface area contributed by atoms with E-state index >= 15 is 0 Å². The van der Waals surface area contributed by atoms with Crippen molar-refractivity contribution in [1.82, 2.24) is 0 Å². The lowest BCUT2D eigenvalue weighted by atomic mass is 9.65. The Labute approximate surface area is 303 Å². The van der Waals surface area contributed by atoms with Crippen molar-refractivity contribution in [3.05, 3.63) is 227 Å². The maximum Gasteiger partial charge on any atom is 0.132 e. The van der Waals surface area contributed by atoms with Crippen molar-refractivity contribution >= 4 is 32.8 Å². The molecule has 0 fully saturated rings. The van der Waals surface area contributed by atoms with Crippen LogP contribution in [0.25, 0.3) is 43.9 Å². The highest BCUT2D eigenvalue weighted by molar-refractivity contribution is 6.19. The highest BCUT2D eigenvalue weighted by Crippen LogP contribution is 2.64. The van der Waals surface area contributed by atoms with Crippen molar-refractivity contribution in [3.63, 3.8) is 0 Å². The Kier molecular flexibility index (Phi) is 6.97. The Morgan fingerprint density at radius 1 is 0.519 bits per heavy atom. The summed E-state index contributed by atoms with van der Waals surface area (Å²) in [5, 5.41) is 5.09. The molecule has 8 aromatic rings. The average Bonchev–Trinajstić information content (AvgIpc) is 3.51. The minimum absolute atomic E-state index is 0.584. The molecule has 2 nitrogen and oxygen atoms in total. The zero-order chi connectivity index (χ0) is 34.6. The van der Waals surface area contributed by atoms with Crippen molar-refractivity contribution in [3.8, 4) is 22.6 Å². The predicted molar refractivity (Wildman–Crippen MR) is 216 cm³/mol. The fourth-order valence-electron chi connectivity index (χ4n) is 8.75. The van der Waals surface area contributed by atoms with Crippen molar-refractivity contribution < 1.29 is 4.74 Å². The fourth-order valence-corrected chi connectivity index (χ4v) is 8.75. The molecule has 1 aliphatic heterocycles. The molecule has 0 saturated heterocycles. The van der Waals surface area contributed by atoms with E-state index in [1.807, 2.05) is 18.2 Å². The molecule has 0 amide bonds. The lowest BCUT2D eigenvalue weighted by molar-refractivity contribution is 0.437. The Morgan fingerprint density at radius 2 is 1.06 bits per heavy atom. The van der Waals surface area contributed by atoms with E-state index in [4.69, 9.17) is 10.5 Å². The van der Waals surface area contributed by atoms with Gasteiger partial charge in [0.15, 0.2) is 0 Å². The van der Waals surface area contributed by atoms with Crippen LogP contribution in [0, 0.1) is 0 Å². The van der Waals surface area contributed by atoms with E-state index in [1.165, 1.54) is 60.5 Å². The molecule has 1 spiro atoms. The zero-order valence-corrected chi connectivity index (χ0v) is 28.6. The van der Waals surface area contributed by atoms with Gasteiger partial charge in [-0.15, -0.1) is 0 Å². The summed E-state index contributed by atoms with van der Waals surface area (Å²) in [7, 11) is 0. The molecule has 10 rings (SSSR count). The molecule has 1 aliphatic carbocycles. The first-order valence-corrected chi connectivity index (χ1v) is 17.9. The summed E-state index contributed by atoms with van der Waals surface area (Å²) < 4.78 is 6.70. The van der Waals surface area contributed by atoms with Gasteiger partial charge in [-0.1, -0.05) is 170 Å². The highest BCUT2D eigenvalue weighted by atomic mass is 16.5. The summed E-state index contributed by atoms with van der Waals surface area (Å²) in [4.78, 5) is 0. The van der Waals surface area contributed by atoms with E-state index in [0.29, 0.717) is 0 Å². The van der Waals surface area contributed by atoms with Crippen LogP contribution in [-0.4, -0.2) is 0 Å². The van der Waals surface area contributed by atoms with Gasteiger partial charge in [-0.05, 0) is 90.7 Å². The number of fused-ring (bicyclic) bond motifs is 14. The molecule has 8 aromatic carbocycles. The summed E-state index contributed by atoms with van der Waals surface area (Å²) in [6.07, 6.45) is 5.17. The van der Waals surface area contributed by atoms with E-state index in [2.05, 4.69) is 170 Å². The van der Waals surface area contributed by atoms with Gasteiger partial charge < -0.3 is 10.5 Å². The SMILES string of the molecule is N/C(=C\C(=C/Cc1ccc2c(c1)C1(c3ccccc3Oc3ccccc31)c1c-2c2ccccc2c2ccccc12)c1ccccc1)c1ccccc1. The molecule has 246 valence electrons. The highest BCUT2D eigenvalue weighted by Gasteiger charge is 2.52. The second-order valence-corrected chi connectivity index (χ2v) is 13.8. The Balaban J connectivity index is 1.24. The fraction of sp³-hybridized carbons (Fsp3) is 0.0400. The smallest absolute Gasteiger partial charge is 0.132 e. The van der Waals surface area contributed by atoms with Gasteiger partial charge in [-0.2, -0.15) is 0 Å². The number of hydrogen-bond donors (Lipinski definition) is 1. The first-order chi connectivity index (χ1) is 25.7. The van der Waals surface area contributed by atoms with Gasteiger partial charge in [0.1, 0.15) is 11.5 Å². The zero-order valence-electron chi connectivity index (χ0n) is 28.6. The third kappa shape index (κ3) is 4.51. The van der Waals surface area contributed by atoms with Crippen LogP contribution in [-0.2, 0) is 11.8 Å². The summed E-state index contributed by atoms with van der Waals surface area (Å²) in [5.41, 5.74) is 18.9. The average molecular weight is 666 g/mol. The maximum atomic E-state index is 6.71. The van der Waals surface area contributed by atoms with Gasteiger partial charge in [-0.3, -0.25) is 0 Å². The third-order valence-corrected chi connectivity index (χ3v) is 11.0. The molecule has 0 atom stereocenters. The lowest BCUT2D eigenvalue weighted by Crippen LogP contribution is -2.32. The number of rotatable bonds is 5. The summed E-state index contributed by atoms with van der Waals surface area (Å²) in [6.45, 7) is 0. The number of allylic oxidation sites excluding steroid dienone is 3. The number of nitrogens with two attached hydrogens (primary N) is 1. The van der Waals surface area contributed by atoms with Gasteiger partial charge in [0.2, 0.25) is 0 Å². The van der Waals surface area contributed by atoms with Crippen LogP contribution >= 0.6 is 0 Å². The number of benzene rings is 8. The first kappa shape index (κ1) is 30.2. The van der Waals surface area contributed by atoms with Crippen LogP contribution < -0.4 is 10.5 Å². The summed E-state index contributed by atoms with van der Waals surface area (Å²) >= 11 is 0. The maximum absolute atomic E-state index is 6.71. The second kappa shape index (κ2) is 12.0.